The smallest absolute Gasteiger partial charge is 0.267 e. The Morgan fingerprint density at radius 3 is 2.31 bits per heavy atom. The van der Waals surface area contributed by atoms with Crippen molar-refractivity contribution in [1.29, 1.82) is 0 Å². The number of carbonyl (C=O) groups excluding carboxylic acids is 2. The Morgan fingerprint density at radius 2 is 1.60 bits per heavy atom. The largest absolute Gasteiger partial charge is 0.290 e. The molecule has 0 spiro atoms. The van der Waals surface area contributed by atoms with Crippen molar-refractivity contribution in [3.63, 3.8) is 0 Å². The number of amides is 2. The molecule has 10 heteroatoms. The first kappa shape index (κ1) is 22.2. The maximum atomic E-state index is 13.1. The Morgan fingerprint density at radius 1 is 0.886 bits per heavy atom. The van der Waals surface area contributed by atoms with E-state index < -0.39 is 11.8 Å². The van der Waals surface area contributed by atoms with Crippen molar-refractivity contribution >= 4 is 33.9 Å². The van der Waals surface area contributed by atoms with Gasteiger partial charge in [0.15, 0.2) is 5.69 Å². The summed E-state index contributed by atoms with van der Waals surface area (Å²) in [4.78, 5) is 39.5. The standard InChI is InChI=1S/C25H20N6O3S/c1-2-30-25(34)18-12-7-6-11-17(18)22(29-30)24(33)27-26-23(32)19-15-31(16-9-4-3-5-10-16)28-21(19)20-13-8-14-35-20/h3-15H,2H2,1H3,(H,26,32)(H,27,33). The fourth-order valence-electron chi connectivity index (χ4n) is 3.71. The first-order valence-corrected chi connectivity index (χ1v) is 11.7. The van der Waals surface area contributed by atoms with Gasteiger partial charge in [-0.05, 0) is 36.6 Å². The minimum atomic E-state index is -0.634. The van der Waals surface area contributed by atoms with Gasteiger partial charge in [0, 0.05) is 18.1 Å². The molecule has 0 saturated carbocycles. The minimum Gasteiger partial charge on any atom is -0.267 e. The summed E-state index contributed by atoms with van der Waals surface area (Å²) < 4.78 is 2.84. The highest BCUT2D eigenvalue weighted by Crippen LogP contribution is 2.27. The van der Waals surface area contributed by atoms with Crippen LogP contribution in [0.1, 0.15) is 27.8 Å². The molecule has 0 fully saturated rings. The number of fused-ring (bicyclic) bond motifs is 1. The summed E-state index contributed by atoms with van der Waals surface area (Å²) in [5, 5.41) is 11.5. The molecular weight excluding hydrogens is 464 g/mol. The molecule has 2 aromatic carbocycles. The van der Waals surface area contributed by atoms with Crippen LogP contribution in [0.3, 0.4) is 0 Å². The quantitative estimate of drug-likeness (QED) is 0.372. The minimum absolute atomic E-state index is 0.0424. The molecule has 5 aromatic rings. The Hall–Kier alpha value is -4.57. The summed E-state index contributed by atoms with van der Waals surface area (Å²) in [5.74, 6) is -1.16. The Labute approximate surface area is 203 Å². The van der Waals surface area contributed by atoms with Gasteiger partial charge in [-0.1, -0.05) is 42.5 Å². The summed E-state index contributed by atoms with van der Waals surface area (Å²) in [7, 11) is 0. The molecule has 5 rings (SSSR count). The van der Waals surface area contributed by atoms with E-state index in [2.05, 4.69) is 21.0 Å². The molecule has 3 aromatic heterocycles. The van der Waals surface area contributed by atoms with Crippen LogP contribution in [0.5, 0.6) is 0 Å². The van der Waals surface area contributed by atoms with Crippen molar-refractivity contribution in [2.75, 3.05) is 0 Å². The van der Waals surface area contributed by atoms with Crippen molar-refractivity contribution in [3.05, 3.63) is 99.9 Å². The summed E-state index contributed by atoms with van der Waals surface area (Å²) in [6, 6.07) is 19.9. The molecule has 0 bridgehead atoms. The van der Waals surface area contributed by atoms with Gasteiger partial charge in [0.25, 0.3) is 17.4 Å². The van der Waals surface area contributed by atoms with Crippen LogP contribution in [0.2, 0.25) is 0 Å². The van der Waals surface area contributed by atoms with Gasteiger partial charge in [-0.15, -0.1) is 11.3 Å². The van der Waals surface area contributed by atoms with Crippen LogP contribution in [0.15, 0.2) is 83.1 Å². The molecule has 9 nitrogen and oxygen atoms in total. The molecule has 0 unspecified atom stereocenters. The molecule has 3 heterocycles. The Balaban J connectivity index is 1.44. The van der Waals surface area contributed by atoms with Crippen molar-refractivity contribution in [2.24, 2.45) is 0 Å². The number of aryl methyl sites for hydroxylation is 1. The van der Waals surface area contributed by atoms with Crippen molar-refractivity contribution in [3.8, 4) is 16.3 Å². The monoisotopic (exact) mass is 484 g/mol. The lowest BCUT2D eigenvalue weighted by Crippen LogP contribution is -2.42. The first-order valence-electron chi connectivity index (χ1n) is 10.9. The van der Waals surface area contributed by atoms with Crippen LogP contribution in [-0.2, 0) is 6.54 Å². The van der Waals surface area contributed by atoms with Crippen molar-refractivity contribution in [1.82, 2.24) is 30.4 Å². The third kappa shape index (κ3) is 4.22. The summed E-state index contributed by atoms with van der Waals surface area (Å²) in [6.45, 7) is 2.07. The van der Waals surface area contributed by atoms with Crippen LogP contribution in [0.4, 0.5) is 0 Å². The topological polar surface area (TPSA) is 111 Å². The molecule has 0 radical (unpaired) electrons. The Bertz CT molecular complexity index is 1590. The molecule has 174 valence electrons. The molecule has 35 heavy (non-hydrogen) atoms. The summed E-state index contributed by atoms with van der Waals surface area (Å²) in [5.41, 5.74) is 6.26. The molecular formula is C25H20N6O3S. The fourth-order valence-corrected chi connectivity index (χ4v) is 4.43. The van der Waals surface area contributed by atoms with Crippen molar-refractivity contribution in [2.45, 2.75) is 13.5 Å². The number of thiophene rings is 1. The lowest BCUT2D eigenvalue weighted by molar-refractivity contribution is 0.0844. The molecule has 2 N–H and O–H groups in total. The van der Waals surface area contributed by atoms with Gasteiger partial charge in [0.05, 0.1) is 21.5 Å². The van der Waals surface area contributed by atoms with E-state index in [0.717, 1.165) is 10.6 Å². The van der Waals surface area contributed by atoms with Gasteiger partial charge < -0.3 is 0 Å². The number of carbonyl (C=O) groups is 2. The predicted molar refractivity (Wildman–Crippen MR) is 133 cm³/mol. The number of nitrogens with one attached hydrogen (secondary N) is 2. The number of para-hydroxylation sites is 1. The first-order chi connectivity index (χ1) is 17.1. The van der Waals surface area contributed by atoms with Gasteiger partial charge in [-0.25, -0.2) is 9.36 Å². The maximum Gasteiger partial charge on any atom is 0.290 e. The molecule has 0 aliphatic carbocycles. The van der Waals surface area contributed by atoms with Crippen LogP contribution in [0, 0.1) is 0 Å². The molecule has 0 aliphatic rings. The second-order valence-electron chi connectivity index (χ2n) is 7.57. The highest BCUT2D eigenvalue weighted by atomic mass is 32.1. The second kappa shape index (κ2) is 9.35. The van der Waals surface area contributed by atoms with E-state index in [4.69, 9.17) is 0 Å². The molecule has 0 atom stereocenters. The zero-order chi connectivity index (χ0) is 24.4. The number of nitrogens with zero attached hydrogens (tertiary/aromatic N) is 4. The highest BCUT2D eigenvalue weighted by molar-refractivity contribution is 7.13. The van der Waals surface area contributed by atoms with Crippen LogP contribution in [-0.4, -0.2) is 31.4 Å². The van der Waals surface area contributed by atoms with Gasteiger partial charge in [-0.3, -0.25) is 25.2 Å². The number of aromatic nitrogens is 4. The lowest BCUT2D eigenvalue weighted by Gasteiger charge is -2.11. The maximum absolute atomic E-state index is 13.1. The van der Waals surface area contributed by atoms with Crippen LogP contribution >= 0.6 is 11.3 Å². The molecule has 0 aliphatic heterocycles. The highest BCUT2D eigenvalue weighted by Gasteiger charge is 2.21. The number of rotatable bonds is 5. The van der Waals surface area contributed by atoms with E-state index in [0.29, 0.717) is 28.6 Å². The van der Waals surface area contributed by atoms with E-state index in [-0.39, 0.29) is 11.3 Å². The number of hydrogen-bond acceptors (Lipinski definition) is 6. The summed E-state index contributed by atoms with van der Waals surface area (Å²) in [6.07, 6.45) is 1.62. The molecule has 2 amide bonds. The van der Waals surface area contributed by atoms with Gasteiger partial charge in [-0.2, -0.15) is 10.2 Å². The fraction of sp³-hybridized carbons (Fsp3) is 0.0800. The zero-order valence-corrected chi connectivity index (χ0v) is 19.5. The average molecular weight is 485 g/mol. The van der Waals surface area contributed by atoms with Gasteiger partial charge in [0.1, 0.15) is 5.69 Å². The van der Waals surface area contributed by atoms with Gasteiger partial charge >= 0.3 is 0 Å². The van der Waals surface area contributed by atoms with Crippen LogP contribution in [0.25, 0.3) is 27.0 Å². The third-order valence-corrected chi connectivity index (χ3v) is 6.28. The van der Waals surface area contributed by atoms with E-state index in [1.807, 2.05) is 47.8 Å². The third-order valence-electron chi connectivity index (χ3n) is 5.41. The Kier molecular flexibility index (Phi) is 5.94. The normalized spacial score (nSPS) is 10.9. The number of benzene rings is 2. The zero-order valence-electron chi connectivity index (χ0n) is 18.6. The number of hydrogen-bond donors (Lipinski definition) is 2. The van der Waals surface area contributed by atoms with Crippen molar-refractivity contribution < 1.29 is 9.59 Å². The van der Waals surface area contributed by atoms with Gasteiger partial charge in [0.2, 0.25) is 0 Å². The summed E-state index contributed by atoms with van der Waals surface area (Å²) >= 11 is 1.46. The SMILES string of the molecule is CCn1nc(C(=O)NNC(=O)c2cn(-c3ccccc3)nc2-c2cccs2)c2ccccc2c1=O. The van der Waals surface area contributed by atoms with E-state index >= 15 is 0 Å². The van der Waals surface area contributed by atoms with E-state index in [1.54, 1.807) is 42.1 Å². The van der Waals surface area contributed by atoms with E-state index in [9.17, 15) is 14.4 Å². The molecule has 0 saturated heterocycles. The predicted octanol–water partition coefficient (Wildman–Crippen LogP) is 3.41. The van der Waals surface area contributed by atoms with E-state index in [1.165, 1.54) is 16.0 Å². The number of hydrazine groups is 1. The van der Waals surface area contributed by atoms with Crippen LogP contribution < -0.4 is 16.4 Å². The average Bonchev–Trinajstić information content (AvgIpc) is 3.58. The lowest BCUT2D eigenvalue weighted by atomic mass is 10.1. The second-order valence-corrected chi connectivity index (χ2v) is 8.52.